The maximum Gasteiger partial charge on any atom is 0.341 e. The molecule has 0 spiro atoms. The van der Waals surface area contributed by atoms with E-state index in [9.17, 15) is 14.4 Å². The van der Waals surface area contributed by atoms with Gasteiger partial charge in [0.15, 0.2) is 6.61 Å². The standard InChI is InChI=1S/C17H11FINO3/c18-14-4-2-1-3-13(14)12(9-20)7-11-5-6-16(15(19)8-11)23-10-17(21)22/h1-8H,10H2,(H,21,22)/b12-7-. The molecular formula is C17H11FINO3. The van der Waals surface area contributed by atoms with E-state index in [1.54, 1.807) is 42.5 Å². The molecule has 0 bridgehead atoms. The topological polar surface area (TPSA) is 70.3 Å². The first-order valence-corrected chi connectivity index (χ1v) is 7.60. The van der Waals surface area contributed by atoms with Crippen LogP contribution in [0.15, 0.2) is 42.5 Å². The monoisotopic (exact) mass is 423 g/mol. The van der Waals surface area contributed by atoms with Crippen molar-refractivity contribution in [1.82, 2.24) is 0 Å². The molecule has 6 heteroatoms. The molecule has 0 saturated carbocycles. The first-order valence-electron chi connectivity index (χ1n) is 6.52. The average molecular weight is 423 g/mol. The molecule has 0 aliphatic carbocycles. The quantitative estimate of drug-likeness (QED) is 0.449. The van der Waals surface area contributed by atoms with E-state index in [4.69, 9.17) is 9.84 Å². The summed E-state index contributed by atoms with van der Waals surface area (Å²) >= 11 is 2.01. The highest BCUT2D eigenvalue weighted by Crippen LogP contribution is 2.25. The van der Waals surface area contributed by atoms with Gasteiger partial charge in [0.25, 0.3) is 0 Å². The largest absolute Gasteiger partial charge is 0.481 e. The minimum absolute atomic E-state index is 0.207. The third-order valence-corrected chi connectivity index (χ3v) is 3.75. The molecule has 0 radical (unpaired) electrons. The number of hydrogen-bond donors (Lipinski definition) is 1. The Labute approximate surface area is 146 Å². The number of nitriles is 1. The fraction of sp³-hybridized carbons (Fsp3) is 0.0588. The highest BCUT2D eigenvalue weighted by molar-refractivity contribution is 14.1. The molecule has 0 aromatic heterocycles. The van der Waals surface area contributed by atoms with Crippen LogP contribution in [0.25, 0.3) is 11.6 Å². The molecule has 0 unspecified atom stereocenters. The van der Waals surface area contributed by atoms with E-state index in [2.05, 4.69) is 0 Å². The van der Waals surface area contributed by atoms with Crippen LogP contribution in [-0.2, 0) is 4.79 Å². The van der Waals surface area contributed by atoms with Crippen LogP contribution in [0, 0.1) is 20.7 Å². The molecule has 2 aromatic carbocycles. The third kappa shape index (κ3) is 4.53. The van der Waals surface area contributed by atoms with Crippen LogP contribution in [0.1, 0.15) is 11.1 Å². The average Bonchev–Trinajstić information content (AvgIpc) is 2.52. The van der Waals surface area contributed by atoms with E-state index in [1.165, 1.54) is 6.07 Å². The van der Waals surface area contributed by atoms with E-state index in [1.807, 2.05) is 28.7 Å². The Balaban J connectivity index is 2.31. The van der Waals surface area contributed by atoms with Crippen LogP contribution < -0.4 is 4.74 Å². The van der Waals surface area contributed by atoms with Gasteiger partial charge in [0.1, 0.15) is 11.6 Å². The number of hydrogen-bond acceptors (Lipinski definition) is 3. The van der Waals surface area contributed by atoms with Crippen molar-refractivity contribution in [3.05, 3.63) is 63.0 Å². The number of carboxylic acids is 1. The molecule has 0 aliphatic rings. The van der Waals surface area contributed by atoms with Gasteiger partial charge in [0, 0.05) is 5.56 Å². The molecule has 0 heterocycles. The second-order valence-electron chi connectivity index (χ2n) is 4.52. The summed E-state index contributed by atoms with van der Waals surface area (Å²) in [6, 6.07) is 13.1. The Morgan fingerprint density at radius 1 is 1.35 bits per heavy atom. The van der Waals surface area contributed by atoms with Crippen molar-refractivity contribution in [2.45, 2.75) is 0 Å². The van der Waals surface area contributed by atoms with E-state index in [-0.39, 0.29) is 11.1 Å². The molecule has 0 aliphatic heterocycles. The third-order valence-electron chi connectivity index (χ3n) is 2.90. The van der Waals surface area contributed by atoms with Gasteiger partial charge in [-0.1, -0.05) is 24.3 Å². The second kappa shape index (κ2) is 7.74. The van der Waals surface area contributed by atoms with Crippen molar-refractivity contribution < 1.29 is 19.0 Å². The fourth-order valence-corrected chi connectivity index (χ4v) is 2.58. The Morgan fingerprint density at radius 3 is 2.70 bits per heavy atom. The first kappa shape index (κ1) is 17.0. The van der Waals surface area contributed by atoms with Crippen molar-refractivity contribution in [3.8, 4) is 11.8 Å². The number of aliphatic carboxylic acids is 1. The molecule has 0 amide bonds. The maximum absolute atomic E-state index is 13.8. The van der Waals surface area contributed by atoms with Gasteiger partial charge in [-0.05, 0) is 52.4 Å². The lowest BCUT2D eigenvalue weighted by atomic mass is 10.0. The minimum Gasteiger partial charge on any atom is -0.481 e. The van der Waals surface area contributed by atoms with E-state index >= 15 is 0 Å². The SMILES string of the molecule is N#C/C(=C/c1ccc(OCC(=O)O)c(I)c1)c1ccccc1F. The summed E-state index contributed by atoms with van der Waals surface area (Å²) in [4.78, 5) is 10.5. The number of carboxylic acid groups (broad SMARTS) is 1. The summed E-state index contributed by atoms with van der Waals surface area (Å²) < 4.78 is 19.6. The van der Waals surface area contributed by atoms with Crippen molar-refractivity contribution in [1.29, 1.82) is 5.26 Å². The molecule has 2 aromatic rings. The van der Waals surface area contributed by atoms with Crippen molar-refractivity contribution >= 4 is 40.2 Å². The van der Waals surface area contributed by atoms with Gasteiger partial charge in [-0.2, -0.15) is 5.26 Å². The lowest BCUT2D eigenvalue weighted by Crippen LogP contribution is -2.10. The van der Waals surface area contributed by atoms with Gasteiger partial charge in [-0.25, -0.2) is 9.18 Å². The van der Waals surface area contributed by atoms with E-state index in [0.717, 1.165) is 0 Å². The summed E-state index contributed by atoms with van der Waals surface area (Å²) in [5.74, 6) is -1.08. The maximum atomic E-state index is 13.8. The van der Waals surface area contributed by atoms with Crippen LogP contribution in [0.2, 0.25) is 0 Å². The van der Waals surface area contributed by atoms with Crippen LogP contribution in [-0.4, -0.2) is 17.7 Å². The van der Waals surface area contributed by atoms with Crippen molar-refractivity contribution in [2.24, 2.45) is 0 Å². The zero-order valence-electron chi connectivity index (χ0n) is 11.8. The van der Waals surface area contributed by atoms with Crippen LogP contribution in [0.5, 0.6) is 5.75 Å². The number of ether oxygens (including phenoxy) is 1. The second-order valence-corrected chi connectivity index (χ2v) is 5.68. The van der Waals surface area contributed by atoms with Gasteiger partial charge in [-0.3, -0.25) is 0 Å². The number of halogens is 2. The number of allylic oxidation sites excluding steroid dienone is 1. The Kier molecular flexibility index (Phi) is 5.71. The van der Waals surface area contributed by atoms with E-state index < -0.39 is 18.4 Å². The highest BCUT2D eigenvalue weighted by atomic mass is 127. The molecule has 23 heavy (non-hydrogen) atoms. The molecule has 0 saturated heterocycles. The predicted octanol–water partition coefficient (Wildman–Crippen LogP) is 3.96. The smallest absolute Gasteiger partial charge is 0.341 e. The van der Waals surface area contributed by atoms with Crippen molar-refractivity contribution in [3.63, 3.8) is 0 Å². The molecule has 4 nitrogen and oxygen atoms in total. The lowest BCUT2D eigenvalue weighted by Gasteiger charge is -2.07. The van der Waals surface area contributed by atoms with Gasteiger partial charge in [0.05, 0.1) is 15.2 Å². The Hall–Kier alpha value is -2.40. The van der Waals surface area contributed by atoms with Gasteiger partial charge >= 0.3 is 5.97 Å². The zero-order valence-corrected chi connectivity index (χ0v) is 14.0. The number of nitrogens with zero attached hydrogens (tertiary/aromatic N) is 1. The van der Waals surface area contributed by atoms with Gasteiger partial charge in [-0.15, -0.1) is 0 Å². The Bertz CT molecular complexity index is 812. The van der Waals surface area contributed by atoms with Crippen LogP contribution in [0.4, 0.5) is 4.39 Å². The lowest BCUT2D eigenvalue weighted by molar-refractivity contribution is -0.139. The highest BCUT2D eigenvalue weighted by Gasteiger charge is 2.08. The number of benzene rings is 2. The van der Waals surface area contributed by atoms with Gasteiger partial charge < -0.3 is 9.84 Å². The summed E-state index contributed by atoms with van der Waals surface area (Å²) in [7, 11) is 0. The van der Waals surface area contributed by atoms with Crippen LogP contribution >= 0.6 is 22.6 Å². The fourth-order valence-electron chi connectivity index (χ4n) is 1.88. The molecule has 2 rings (SSSR count). The summed E-state index contributed by atoms with van der Waals surface area (Å²) in [6.45, 7) is -0.427. The molecule has 0 atom stereocenters. The number of rotatable bonds is 5. The van der Waals surface area contributed by atoms with Crippen LogP contribution in [0.3, 0.4) is 0 Å². The Morgan fingerprint density at radius 2 is 2.09 bits per heavy atom. The van der Waals surface area contributed by atoms with Crippen molar-refractivity contribution in [2.75, 3.05) is 6.61 Å². The summed E-state index contributed by atoms with van der Waals surface area (Å²) in [5, 5.41) is 17.9. The number of carbonyl (C=O) groups is 1. The summed E-state index contributed by atoms with van der Waals surface area (Å²) in [5.41, 5.74) is 1.13. The minimum atomic E-state index is -1.06. The molecule has 1 N–H and O–H groups in total. The predicted molar refractivity (Wildman–Crippen MR) is 92.2 cm³/mol. The summed E-state index contributed by atoms with van der Waals surface area (Å²) in [6.07, 6.45) is 1.57. The van der Waals surface area contributed by atoms with Gasteiger partial charge in [0.2, 0.25) is 0 Å². The first-order chi connectivity index (χ1) is 11.0. The zero-order chi connectivity index (χ0) is 16.8. The normalized spacial score (nSPS) is 10.9. The molecule has 116 valence electrons. The van der Waals surface area contributed by atoms with E-state index in [0.29, 0.717) is 14.9 Å². The molecular weight excluding hydrogens is 412 g/mol. The molecule has 0 fully saturated rings.